The van der Waals surface area contributed by atoms with Gasteiger partial charge in [0, 0.05) is 28.3 Å². The van der Waals surface area contributed by atoms with Gasteiger partial charge in [-0.3, -0.25) is 24.2 Å². The van der Waals surface area contributed by atoms with Crippen molar-refractivity contribution in [2.75, 3.05) is 18.4 Å². The Balaban J connectivity index is 1.69. The van der Waals surface area contributed by atoms with E-state index in [-0.39, 0.29) is 23.8 Å². The number of rotatable bonds is 3. The van der Waals surface area contributed by atoms with Crippen LogP contribution in [0.5, 0.6) is 0 Å². The van der Waals surface area contributed by atoms with Gasteiger partial charge in [0.1, 0.15) is 5.54 Å². The molecule has 6 nitrogen and oxygen atoms in total. The number of fused-ring (bicyclic) bond motifs is 7. The lowest BCUT2D eigenvalue weighted by Crippen LogP contribution is -2.54. The maximum absolute atomic E-state index is 13.4. The number of amides is 3. The minimum absolute atomic E-state index is 0.0336. The lowest BCUT2D eigenvalue weighted by molar-refractivity contribution is -0.145. The van der Waals surface area contributed by atoms with Crippen molar-refractivity contribution in [3.05, 3.63) is 28.2 Å². The van der Waals surface area contributed by atoms with E-state index in [2.05, 4.69) is 26.1 Å². The molecule has 0 aromatic heterocycles. The van der Waals surface area contributed by atoms with Crippen LogP contribution in [-0.4, -0.2) is 46.7 Å². The van der Waals surface area contributed by atoms with Crippen molar-refractivity contribution in [1.82, 2.24) is 9.80 Å². The van der Waals surface area contributed by atoms with Crippen molar-refractivity contribution >= 4 is 39.3 Å². The Morgan fingerprint density at radius 3 is 2.85 bits per heavy atom. The molecule has 27 heavy (non-hydrogen) atoms. The molecule has 3 amide bonds. The van der Waals surface area contributed by atoms with Crippen LogP contribution in [0.15, 0.2) is 22.7 Å². The van der Waals surface area contributed by atoms with Crippen LogP contribution in [0.2, 0.25) is 0 Å². The normalized spacial score (nSPS) is 34.4. The molecule has 0 saturated carbocycles. The summed E-state index contributed by atoms with van der Waals surface area (Å²) in [6, 6.07) is 5.67. The van der Waals surface area contributed by atoms with Gasteiger partial charge in [-0.1, -0.05) is 29.3 Å². The van der Waals surface area contributed by atoms with Crippen LogP contribution < -0.4 is 5.32 Å². The lowest BCUT2D eigenvalue weighted by Gasteiger charge is -2.36. The molecular weight excluding hydrogens is 410 g/mol. The molecule has 1 aromatic carbocycles. The molecule has 5 rings (SSSR count). The molecule has 0 radical (unpaired) electrons. The lowest BCUT2D eigenvalue weighted by atomic mass is 9.75. The minimum Gasteiger partial charge on any atom is -0.324 e. The predicted molar refractivity (Wildman–Crippen MR) is 103 cm³/mol. The van der Waals surface area contributed by atoms with Crippen molar-refractivity contribution in [3.63, 3.8) is 0 Å². The summed E-state index contributed by atoms with van der Waals surface area (Å²) in [7, 11) is 0. The predicted octanol–water partition coefficient (Wildman–Crippen LogP) is 2.48. The molecule has 1 N–H and O–H groups in total. The van der Waals surface area contributed by atoms with Crippen LogP contribution in [0.25, 0.3) is 0 Å². The first-order valence-electron chi connectivity index (χ1n) is 9.75. The van der Waals surface area contributed by atoms with Crippen molar-refractivity contribution in [2.24, 2.45) is 11.8 Å². The molecule has 4 aliphatic rings. The zero-order valence-corrected chi connectivity index (χ0v) is 16.8. The number of nitrogens with zero attached hydrogens (tertiary/aromatic N) is 2. The van der Waals surface area contributed by atoms with Gasteiger partial charge in [-0.2, -0.15) is 0 Å². The molecule has 0 aliphatic carbocycles. The third-order valence-corrected chi connectivity index (χ3v) is 7.27. The van der Waals surface area contributed by atoms with Gasteiger partial charge in [0.15, 0.2) is 0 Å². The number of halogens is 1. The second kappa shape index (κ2) is 5.88. The van der Waals surface area contributed by atoms with Crippen molar-refractivity contribution in [1.29, 1.82) is 0 Å². The van der Waals surface area contributed by atoms with E-state index in [1.54, 1.807) is 0 Å². The fraction of sp³-hybridized carbons (Fsp3) is 0.550. The molecule has 7 heteroatoms. The third kappa shape index (κ3) is 2.02. The fourth-order valence-electron chi connectivity index (χ4n) is 5.77. The van der Waals surface area contributed by atoms with E-state index in [0.717, 1.165) is 48.0 Å². The Bertz CT molecular complexity index is 872. The van der Waals surface area contributed by atoms with Gasteiger partial charge in [0.25, 0.3) is 0 Å². The molecule has 4 heterocycles. The molecule has 0 unspecified atom stereocenters. The van der Waals surface area contributed by atoms with Crippen LogP contribution in [0.3, 0.4) is 0 Å². The van der Waals surface area contributed by atoms with E-state index < -0.39 is 17.4 Å². The van der Waals surface area contributed by atoms with E-state index >= 15 is 0 Å². The molecule has 142 valence electrons. The van der Waals surface area contributed by atoms with Crippen LogP contribution in [0.4, 0.5) is 5.69 Å². The molecular formula is C20H22BrN3O3. The number of carbonyl (C=O) groups excluding carboxylic acids is 3. The molecule has 0 bridgehead atoms. The Kier molecular flexibility index (Phi) is 3.78. The highest BCUT2D eigenvalue weighted by atomic mass is 79.9. The van der Waals surface area contributed by atoms with E-state index in [1.807, 2.05) is 25.1 Å². The summed E-state index contributed by atoms with van der Waals surface area (Å²) in [5, 5.41) is 2.99. The number of hydrogen-bond acceptors (Lipinski definition) is 4. The zero-order chi connectivity index (χ0) is 18.9. The Labute approximate surface area is 166 Å². The van der Waals surface area contributed by atoms with Gasteiger partial charge in [0.05, 0.1) is 11.8 Å². The molecule has 4 aliphatic heterocycles. The summed E-state index contributed by atoms with van der Waals surface area (Å²) >= 11 is 3.51. The van der Waals surface area contributed by atoms with Gasteiger partial charge < -0.3 is 5.32 Å². The first-order valence-corrected chi connectivity index (χ1v) is 10.5. The largest absolute Gasteiger partial charge is 0.324 e. The summed E-state index contributed by atoms with van der Waals surface area (Å²) in [5.41, 5.74) is 0.528. The topological polar surface area (TPSA) is 69.7 Å². The SMILES string of the molecule is CCCCN1C(=O)[C@@H]2[C@H]3CCCN3[C@]3(C(=O)Nc4ccc(Br)cc43)[C@@H]2C1=O. The highest BCUT2D eigenvalue weighted by Crippen LogP contribution is 2.60. The molecule has 1 spiro atoms. The van der Waals surface area contributed by atoms with Gasteiger partial charge in [-0.05, 0) is 44.0 Å². The van der Waals surface area contributed by atoms with Gasteiger partial charge in [0.2, 0.25) is 17.7 Å². The number of benzene rings is 1. The van der Waals surface area contributed by atoms with Crippen LogP contribution in [-0.2, 0) is 19.9 Å². The first-order chi connectivity index (χ1) is 13.0. The number of nitrogens with one attached hydrogen (secondary N) is 1. The maximum Gasteiger partial charge on any atom is 0.250 e. The zero-order valence-electron chi connectivity index (χ0n) is 15.2. The average Bonchev–Trinajstić information content (AvgIpc) is 3.33. The van der Waals surface area contributed by atoms with Gasteiger partial charge in [-0.25, -0.2) is 0 Å². The first kappa shape index (κ1) is 17.4. The average molecular weight is 432 g/mol. The Morgan fingerprint density at radius 2 is 2.07 bits per heavy atom. The standard InChI is InChI=1S/C20H22BrN3O3/c1-2-3-8-23-17(25)15-14-5-4-9-24(14)20(16(15)18(23)26)12-10-11(21)6-7-13(12)22-19(20)27/h6-7,10,14-16H,2-5,8-9H2,1H3,(H,22,27)/t14-,15-,16+,20+/m1/s1. The number of unbranched alkanes of at least 4 members (excludes halogenated alkanes) is 1. The molecule has 4 atom stereocenters. The van der Waals surface area contributed by atoms with Crippen molar-refractivity contribution in [3.8, 4) is 0 Å². The summed E-state index contributed by atoms with van der Waals surface area (Å²) in [4.78, 5) is 43.6. The summed E-state index contributed by atoms with van der Waals surface area (Å²) in [5.74, 6) is -1.44. The number of carbonyl (C=O) groups is 3. The fourth-order valence-corrected chi connectivity index (χ4v) is 6.13. The molecule has 3 saturated heterocycles. The van der Waals surface area contributed by atoms with E-state index in [0.29, 0.717) is 6.54 Å². The van der Waals surface area contributed by atoms with Crippen LogP contribution >= 0.6 is 15.9 Å². The molecule has 3 fully saturated rings. The van der Waals surface area contributed by atoms with Crippen LogP contribution in [0.1, 0.15) is 38.2 Å². The second-order valence-electron chi connectivity index (χ2n) is 8.00. The monoisotopic (exact) mass is 431 g/mol. The number of imide groups is 1. The summed E-state index contributed by atoms with van der Waals surface area (Å²) < 4.78 is 0.871. The third-order valence-electron chi connectivity index (χ3n) is 6.78. The van der Waals surface area contributed by atoms with Gasteiger partial charge in [-0.15, -0.1) is 0 Å². The summed E-state index contributed by atoms with van der Waals surface area (Å²) in [6.45, 7) is 3.24. The van der Waals surface area contributed by atoms with Crippen molar-refractivity contribution < 1.29 is 14.4 Å². The van der Waals surface area contributed by atoms with Gasteiger partial charge >= 0.3 is 0 Å². The highest BCUT2D eigenvalue weighted by Gasteiger charge is 2.74. The minimum atomic E-state index is -1.06. The van der Waals surface area contributed by atoms with Crippen LogP contribution in [0, 0.1) is 11.8 Å². The Morgan fingerprint density at radius 1 is 1.26 bits per heavy atom. The second-order valence-corrected chi connectivity index (χ2v) is 8.91. The number of hydrogen-bond donors (Lipinski definition) is 1. The van der Waals surface area contributed by atoms with Crippen molar-refractivity contribution in [2.45, 2.75) is 44.2 Å². The molecule has 1 aromatic rings. The number of likely N-dealkylation sites (tertiary alicyclic amines) is 1. The Hall–Kier alpha value is -1.73. The smallest absolute Gasteiger partial charge is 0.250 e. The van der Waals surface area contributed by atoms with E-state index in [9.17, 15) is 14.4 Å². The quantitative estimate of drug-likeness (QED) is 0.746. The maximum atomic E-state index is 13.4. The number of anilines is 1. The van der Waals surface area contributed by atoms with E-state index in [1.165, 1.54) is 4.90 Å². The summed E-state index contributed by atoms with van der Waals surface area (Å²) in [6.07, 6.45) is 3.53. The highest BCUT2D eigenvalue weighted by molar-refractivity contribution is 9.10. The van der Waals surface area contributed by atoms with E-state index in [4.69, 9.17) is 0 Å².